The number of amides is 1. The highest BCUT2D eigenvalue weighted by Gasteiger charge is 2.41. The van der Waals surface area contributed by atoms with Crippen molar-refractivity contribution < 1.29 is 19.1 Å². The topological polar surface area (TPSA) is 108 Å². The highest BCUT2D eigenvalue weighted by atomic mass is 32.1. The number of carbonyl (C=O) groups is 2. The van der Waals surface area contributed by atoms with E-state index in [1.54, 1.807) is 24.4 Å². The molecule has 0 spiro atoms. The van der Waals surface area contributed by atoms with Gasteiger partial charge in [-0.15, -0.1) is 0 Å². The van der Waals surface area contributed by atoms with Crippen LogP contribution < -0.4 is 10.6 Å². The number of carbonyl (C=O) groups excluding carboxylic acids is 1. The van der Waals surface area contributed by atoms with E-state index in [0.717, 1.165) is 16.9 Å². The standard InChI is InChI=1S/C29H26N4O4S/c1-18-8-10-21(11-9-18)31-25(34)14-16-33-27(26(32-29(33)38)22-7-2-3-15-30-22)24-13-12-23(37-24)19-5-4-6-20(17-19)28(35)36/h2-13,15,17,26-27H,14,16H2,1H3,(H,31,34)(H,32,38)(H,35,36)/t26-,27+/m1/s1. The first-order valence-corrected chi connectivity index (χ1v) is 12.6. The Labute approximate surface area is 225 Å². The van der Waals surface area contributed by atoms with Gasteiger partial charge in [0.05, 0.1) is 17.3 Å². The van der Waals surface area contributed by atoms with Crippen molar-refractivity contribution in [2.75, 3.05) is 11.9 Å². The Morgan fingerprint density at radius 1 is 1.08 bits per heavy atom. The number of anilines is 1. The predicted octanol–water partition coefficient (Wildman–Crippen LogP) is 5.35. The zero-order valence-corrected chi connectivity index (χ0v) is 21.4. The van der Waals surface area contributed by atoms with Crippen LogP contribution in [0.15, 0.2) is 89.5 Å². The molecule has 0 saturated carbocycles. The second-order valence-corrected chi connectivity index (χ2v) is 9.46. The number of furan rings is 1. The van der Waals surface area contributed by atoms with Gasteiger partial charge in [-0.3, -0.25) is 9.78 Å². The maximum atomic E-state index is 12.7. The number of carboxylic acid groups (broad SMARTS) is 1. The third-order valence-electron chi connectivity index (χ3n) is 6.43. The van der Waals surface area contributed by atoms with E-state index in [2.05, 4.69) is 15.6 Å². The third-order valence-corrected chi connectivity index (χ3v) is 6.78. The summed E-state index contributed by atoms with van der Waals surface area (Å²) in [7, 11) is 0. The maximum absolute atomic E-state index is 12.7. The molecule has 3 N–H and O–H groups in total. The van der Waals surface area contributed by atoms with Crippen molar-refractivity contribution in [2.24, 2.45) is 0 Å². The molecule has 0 bridgehead atoms. The van der Waals surface area contributed by atoms with Gasteiger partial charge >= 0.3 is 5.97 Å². The summed E-state index contributed by atoms with van der Waals surface area (Å²) >= 11 is 5.69. The molecule has 0 unspecified atom stereocenters. The van der Waals surface area contributed by atoms with E-state index in [1.165, 1.54) is 6.07 Å². The molecule has 1 aliphatic rings. The van der Waals surface area contributed by atoms with Crippen molar-refractivity contribution in [3.63, 3.8) is 0 Å². The minimum absolute atomic E-state index is 0.123. The van der Waals surface area contributed by atoms with E-state index in [0.29, 0.717) is 28.7 Å². The van der Waals surface area contributed by atoms with Gasteiger partial charge in [0.2, 0.25) is 5.91 Å². The molecular formula is C29H26N4O4S. The van der Waals surface area contributed by atoms with Crippen molar-refractivity contribution in [1.82, 2.24) is 15.2 Å². The van der Waals surface area contributed by atoms with Crippen LogP contribution in [-0.4, -0.2) is 38.5 Å². The second kappa shape index (κ2) is 10.9. The average Bonchev–Trinajstić information content (AvgIpc) is 3.54. The number of rotatable bonds is 8. The highest BCUT2D eigenvalue weighted by Crippen LogP contribution is 2.40. The summed E-state index contributed by atoms with van der Waals surface area (Å²) in [5.74, 6) is 0.0389. The summed E-state index contributed by atoms with van der Waals surface area (Å²) in [6, 6.07) is 22.9. The van der Waals surface area contributed by atoms with Crippen LogP contribution in [0.25, 0.3) is 11.3 Å². The van der Waals surface area contributed by atoms with Crippen molar-refractivity contribution in [3.05, 3.63) is 108 Å². The number of aromatic carboxylic acids is 1. The quantitative estimate of drug-likeness (QED) is 0.264. The van der Waals surface area contributed by atoms with Crippen LogP contribution in [0.1, 0.15) is 45.9 Å². The van der Waals surface area contributed by atoms with Gasteiger partial charge in [-0.05, 0) is 67.7 Å². The Bertz CT molecular complexity index is 1470. The minimum atomic E-state index is -1.01. The van der Waals surface area contributed by atoms with E-state index in [9.17, 15) is 14.7 Å². The van der Waals surface area contributed by atoms with Crippen LogP contribution in [0.2, 0.25) is 0 Å². The molecular weight excluding hydrogens is 500 g/mol. The van der Waals surface area contributed by atoms with Crippen LogP contribution in [-0.2, 0) is 4.79 Å². The largest absolute Gasteiger partial charge is 0.478 e. The molecule has 5 rings (SSSR count). The first kappa shape index (κ1) is 25.2. The Hall–Kier alpha value is -4.50. The molecule has 9 heteroatoms. The number of benzene rings is 2. The van der Waals surface area contributed by atoms with Gasteiger partial charge in [0.1, 0.15) is 17.6 Å². The normalized spacial score (nSPS) is 16.8. The lowest BCUT2D eigenvalue weighted by molar-refractivity contribution is -0.116. The van der Waals surface area contributed by atoms with E-state index in [-0.39, 0.29) is 30.0 Å². The van der Waals surface area contributed by atoms with Gasteiger partial charge in [0.15, 0.2) is 5.11 Å². The summed E-state index contributed by atoms with van der Waals surface area (Å²) in [4.78, 5) is 30.7. The number of hydrogen-bond donors (Lipinski definition) is 3. The lowest BCUT2D eigenvalue weighted by atomic mass is 10.0. The van der Waals surface area contributed by atoms with Crippen LogP contribution in [0.3, 0.4) is 0 Å². The Balaban J connectivity index is 1.40. The number of nitrogens with zero attached hydrogens (tertiary/aromatic N) is 2. The van der Waals surface area contributed by atoms with Gasteiger partial charge < -0.3 is 25.1 Å². The summed E-state index contributed by atoms with van der Waals surface area (Å²) in [5, 5.41) is 16.1. The van der Waals surface area contributed by atoms with Crippen molar-refractivity contribution in [3.8, 4) is 11.3 Å². The molecule has 8 nitrogen and oxygen atoms in total. The summed E-state index contributed by atoms with van der Waals surface area (Å²) in [6.45, 7) is 2.36. The number of thiocarbonyl (C=S) groups is 1. The zero-order chi connectivity index (χ0) is 26.6. The molecule has 3 heterocycles. The summed E-state index contributed by atoms with van der Waals surface area (Å²) in [5.41, 5.74) is 3.48. The molecule has 2 aromatic carbocycles. The van der Waals surface area contributed by atoms with E-state index < -0.39 is 5.97 Å². The molecule has 2 aromatic heterocycles. The maximum Gasteiger partial charge on any atom is 0.335 e. The van der Waals surface area contributed by atoms with E-state index in [4.69, 9.17) is 16.6 Å². The lowest BCUT2D eigenvalue weighted by Crippen LogP contribution is -2.32. The minimum Gasteiger partial charge on any atom is -0.478 e. The first-order chi connectivity index (χ1) is 18.4. The second-order valence-electron chi connectivity index (χ2n) is 9.07. The van der Waals surface area contributed by atoms with Gasteiger partial charge in [-0.25, -0.2) is 4.79 Å². The third kappa shape index (κ3) is 5.42. The molecule has 38 heavy (non-hydrogen) atoms. The predicted molar refractivity (Wildman–Crippen MR) is 148 cm³/mol. The van der Waals surface area contributed by atoms with E-state index in [1.807, 2.05) is 66.4 Å². The monoisotopic (exact) mass is 526 g/mol. The fourth-order valence-electron chi connectivity index (χ4n) is 4.51. The molecule has 0 aliphatic carbocycles. The van der Waals surface area contributed by atoms with Crippen molar-refractivity contribution in [2.45, 2.75) is 25.4 Å². The molecule has 1 fully saturated rings. The fourth-order valence-corrected chi connectivity index (χ4v) is 4.84. The van der Waals surface area contributed by atoms with E-state index >= 15 is 0 Å². The number of aryl methyl sites for hydroxylation is 1. The number of pyridine rings is 1. The molecule has 1 amide bonds. The molecule has 2 atom stereocenters. The Morgan fingerprint density at radius 2 is 1.89 bits per heavy atom. The van der Waals surface area contributed by atoms with Crippen molar-refractivity contribution in [1.29, 1.82) is 0 Å². The molecule has 0 radical (unpaired) electrons. The Morgan fingerprint density at radius 3 is 2.63 bits per heavy atom. The number of carboxylic acids is 1. The molecule has 4 aromatic rings. The van der Waals surface area contributed by atoms with Crippen LogP contribution in [0.5, 0.6) is 0 Å². The number of aromatic nitrogens is 1. The average molecular weight is 527 g/mol. The van der Waals surface area contributed by atoms with Crippen LogP contribution >= 0.6 is 12.2 Å². The summed E-state index contributed by atoms with van der Waals surface area (Å²) < 4.78 is 6.27. The Kier molecular flexibility index (Phi) is 7.19. The lowest BCUT2D eigenvalue weighted by Gasteiger charge is -2.25. The molecule has 192 valence electrons. The fraction of sp³-hybridized carbons (Fsp3) is 0.172. The number of nitrogens with one attached hydrogen (secondary N) is 2. The van der Waals surface area contributed by atoms with Crippen LogP contribution in [0, 0.1) is 6.92 Å². The van der Waals surface area contributed by atoms with Gasteiger partial charge in [-0.2, -0.15) is 0 Å². The first-order valence-electron chi connectivity index (χ1n) is 12.2. The SMILES string of the molecule is Cc1ccc(NC(=O)CCN2C(=S)N[C@H](c3ccccn3)[C@@H]2c2ccc(-c3cccc(C(=O)O)c3)o2)cc1. The highest BCUT2D eigenvalue weighted by molar-refractivity contribution is 7.80. The zero-order valence-electron chi connectivity index (χ0n) is 20.6. The van der Waals surface area contributed by atoms with Gasteiger partial charge in [0, 0.05) is 30.4 Å². The van der Waals surface area contributed by atoms with Gasteiger partial charge in [0.25, 0.3) is 0 Å². The van der Waals surface area contributed by atoms with Crippen molar-refractivity contribution >= 4 is 34.9 Å². The molecule has 1 aliphatic heterocycles. The summed E-state index contributed by atoms with van der Waals surface area (Å²) in [6.07, 6.45) is 1.94. The van der Waals surface area contributed by atoms with Gasteiger partial charge in [-0.1, -0.05) is 35.9 Å². The number of hydrogen-bond acceptors (Lipinski definition) is 5. The smallest absolute Gasteiger partial charge is 0.335 e. The molecule has 1 saturated heterocycles. The van der Waals surface area contributed by atoms with Crippen LogP contribution in [0.4, 0.5) is 5.69 Å².